The summed E-state index contributed by atoms with van der Waals surface area (Å²) >= 11 is 0. The Morgan fingerprint density at radius 1 is 1.31 bits per heavy atom. The van der Waals surface area contributed by atoms with Crippen molar-refractivity contribution in [2.45, 2.75) is 0 Å². The summed E-state index contributed by atoms with van der Waals surface area (Å²) in [7, 11) is 0. The minimum absolute atomic E-state index is 0. The van der Waals surface area contributed by atoms with E-state index in [0.29, 0.717) is 11.4 Å². The quantitative estimate of drug-likeness (QED) is 0.700. The van der Waals surface area contributed by atoms with Crippen LogP contribution in [-0.2, 0) is 0 Å². The first kappa shape index (κ1) is 15.7. The van der Waals surface area contributed by atoms with Gasteiger partial charge in [0.25, 0.3) is 0 Å². The molecule has 0 spiro atoms. The first-order chi connectivity index (χ1) is 5.29. The minimum atomic E-state index is 0. The Hall–Kier alpha value is 0.235. The molecule has 0 saturated carbocycles. The monoisotopic (exact) mass is 245 g/mol. The van der Waals surface area contributed by atoms with Crippen LogP contribution in [0.1, 0.15) is 11.3 Å². The van der Waals surface area contributed by atoms with E-state index in [0.717, 1.165) is 5.56 Å². The second kappa shape index (κ2) is 7.62. The third-order valence-corrected chi connectivity index (χ3v) is 1.42. The molecule has 0 bridgehead atoms. The predicted octanol–water partition coefficient (Wildman–Crippen LogP) is 0.506. The Labute approximate surface area is 129 Å². The molecule has 3 heteroatoms. The molecule has 1 heterocycles. The van der Waals surface area contributed by atoms with Crippen molar-refractivity contribution >= 4 is 17.8 Å². The SMILES string of the molecule is C=Cc1nccc([NH-])c1C=C.[CH3-].[Rb+]. The van der Waals surface area contributed by atoms with Crippen LogP contribution < -0.4 is 58.2 Å². The van der Waals surface area contributed by atoms with E-state index in [9.17, 15) is 0 Å². The van der Waals surface area contributed by atoms with Gasteiger partial charge in [0, 0.05) is 6.20 Å². The van der Waals surface area contributed by atoms with E-state index < -0.39 is 0 Å². The number of hydrogen-bond donors (Lipinski definition) is 0. The second-order valence-electron chi connectivity index (χ2n) is 2.07. The van der Waals surface area contributed by atoms with E-state index in [4.69, 9.17) is 5.73 Å². The first-order valence-electron chi connectivity index (χ1n) is 3.25. The molecule has 64 valence electrons. The van der Waals surface area contributed by atoms with E-state index in [1.54, 1.807) is 24.4 Å². The Morgan fingerprint density at radius 2 is 1.92 bits per heavy atom. The van der Waals surface area contributed by atoms with Gasteiger partial charge in [-0.2, -0.15) is 0 Å². The Kier molecular flexibility index (Phi) is 9.20. The van der Waals surface area contributed by atoms with E-state index in [2.05, 4.69) is 18.1 Å². The smallest absolute Gasteiger partial charge is 0.698 e. The third kappa shape index (κ3) is 3.85. The van der Waals surface area contributed by atoms with Crippen LogP contribution in [0.2, 0.25) is 0 Å². The van der Waals surface area contributed by atoms with Crippen LogP contribution >= 0.6 is 0 Å². The molecule has 0 aliphatic carbocycles. The zero-order valence-corrected chi connectivity index (χ0v) is 13.1. The van der Waals surface area contributed by atoms with Crippen LogP contribution in [0.4, 0.5) is 5.69 Å². The average Bonchev–Trinajstić information content (AvgIpc) is 2.04. The van der Waals surface area contributed by atoms with E-state index in [-0.39, 0.29) is 65.6 Å². The molecule has 1 rings (SSSR count). The van der Waals surface area contributed by atoms with Crippen molar-refractivity contribution in [3.05, 3.63) is 49.8 Å². The van der Waals surface area contributed by atoms with Gasteiger partial charge in [-0.3, -0.25) is 4.98 Å². The van der Waals surface area contributed by atoms with Crippen LogP contribution in [-0.4, -0.2) is 4.98 Å². The van der Waals surface area contributed by atoms with Gasteiger partial charge in [0.15, 0.2) is 0 Å². The molecule has 0 amide bonds. The molecule has 0 saturated heterocycles. The zero-order chi connectivity index (χ0) is 8.27. The maximum absolute atomic E-state index is 7.46. The topological polar surface area (TPSA) is 36.7 Å². The van der Waals surface area contributed by atoms with E-state index in [1.165, 1.54) is 0 Å². The summed E-state index contributed by atoms with van der Waals surface area (Å²) in [4.78, 5) is 4.02. The molecule has 0 radical (unpaired) electrons. The maximum atomic E-state index is 7.46. The third-order valence-electron chi connectivity index (χ3n) is 1.42. The van der Waals surface area contributed by atoms with Gasteiger partial charge in [-0.25, -0.2) is 0 Å². The molecule has 0 aliphatic heterocycles. The van der Waals surface area contributed by atoms with E-state index >= 15 is 0 Å². The molecular formula is C10H12N2Rb-. The summed E-state index contributed by atoms with van der Waals surface area (Å²) in [5.74, 6) is 0. The van der Waals surface area contributed by atoms with E-state index in [1.807, 2.05) is 0 Å². The molecule has 1 N–H and O–H groups in total. The molecule has 0 unspecified atom stereocenters. The molecule has 0 atom stereocenters. The summed E-state index contributed by atoms with van der Waals surface area (Å²) in [6.45, 7) is 7.18. The number of hydrogen-bond acceptors (Lipinski definition) is 1. The number of nitrogens with zero attached hydrogens (tertiary/aromatic N) is 1. The van der Waals surface area contributed by atoms with Crippen molar-refractivity contribution in [2.24, 2.45) is 0 Å². The summed E-state index contributed by atoms with van der Waals surface area (Å²) in [5, 5.41) is 0. The van der Waals surface area contributed by atoms with Gasteiger partial charge >= 0.3 is 58.2 Å². The molecule has 0 aliphatic rings. The Morgan fingerprint density at radius 3 is 2.31 bits per heavy atom. The molecule has 13 heavy (non-hydrogen) atoms. The van der Waals surface area contributed by atoms with Gasteiger partial charge in [0.2, 0.25) is 0 Å². The van der Waals surface area contributed by atoms with Crippen LogP contribution in [0.5, 0.6) is 0 Å². The van der Waals surface area contributed by atoms with Gasteiger partial charge < -0.3 is 13.2 Å². The van der Waals surface area contributed by atoms with Gasteiger partial charge in [-0.1, -0.05) is 25.3 Å². The normalized spacial score (nSPS) is 7.69. The van der Waals surface area contributed by atoms with Crippen LogP contribution in [0.3, 0.4) is 0 Å². The van der Waals surface area contributed by atoms with Gasteiger partial charge in [-0.15, -0.1) is 5.69 Å². The van der Waals surface area contributed by atoms with Crippen LogP contribution in [0.15, 0.2) is 25.4 Å². The second-order valence-corrected chi connectivity index (χ2v) is 2.07. The van der Waals surface area contributed by atoms with Crippen molar-refractivity contribution < 1.29 is 58.2 Å². The first-order valence-corrected chi connectivity index (χ1v) is 3.25. The van der Waals surface area contributed by atoms with Gasteiger partial charge in [0.1, 0.15) is 0 Å². The molecule has 1 aromatic rings. The largest absolute Gasteiger partial charge is 1.00 e. The minimum Gasteiger partial charge on any atom is -0.698 e. The summed E-state index contributed by atoms with van der Waals surface area (Å²) in [5.41, 5.74) is 9.34. The number of nitrogens with one attached hydrogen (secondary N) is 1. The Balaban J connectivity index is 0. The Bertz CT molecular complexity index is 295. The average molecular weight is 246 g/mol. The number of pyridine rings is 1. The van der Waals surface area contributed by atoms with Crippen molar-refractivity contribution in [3.63, 3.8) is 0 Å². The summed E-state index contributed by atoms with van der Waals surface area (Å²) in [6, 6.07) is 1.63. The van der Waals surface area contributed by atoms with Crippen molar-refractivity contribution in [1.29, 1.82) is 0 Å². The fourth-order valence-electron chi connectivity index (χ4n) is 0.867. The number of aromatic nitrogens is 1. The summed E-state index contributed by atoms with van der Waals surface area (Å²) in [6.07, 6.45) is 4.83. The van der Waals surface area contributed by atoms with Crippen molar-refractivity contribution in [3.8, 4) is 0 Å². The standard InChI is InChI=1S/C9H9N2.CH3.Rb/c1-3-7-8(10)5-6-11-9(7)4-2;;/h3-6H,1-2H2,(H-,10,11);1H3;/q2*-1;+1. The summed E-state index contributed by atoms with van der Waals surface area (Å²) < 4.78 is 0. The number of rotatable bonds is 2. The molecule has 0 fully saturated rings. The maximum Gasteiger partial charge on any atom is 1.00 e. The van der Waals surface area contributed by atoms with Crippen LogP contribution in [0.25, 0.3) is 17.9 Å². The molecule has 1 aromatic heterocycles. The van der Waals surface area contributed by atoms with Gasteiger partial charge in [-0.05, 0) is 11.6 Å². The zero-order valence-electron chi connectivity index (χ0n) is 8.17. The van der Waals surface area contributed by atoms with Gasteiger partial charge in [0.05, 0.1) is 5.69 Å². The van der Waals surface area contributed by atoms with Crippen LogP contribution in [0, 0.1) is 7.43 Å². The molecular weight excluding hydrogens is 234 g/mol. The van der Waals surface area contributed by atoms with Crippen molar-refractivity contribution in [1.82, 2.24) is 4.98 Å². The predicted molar refractivity (Wildman–Crippen MR) is 54.8 cm³/mol. The fourth-order valence-corrected chi connectivity index (χ4v) is 0.867. The molecule has 2 nitrogen and oxygen atoms in total. The van der Waals surface area contributed by atoms with Crippen molar-refractivity contribution in [2.75, 3.05) is 0 Å². The fraction of sp³-hybridized carbons (Fsp3) is 0. The molecule has 0 aromatic carbocycles.